The van der Waals surface area contributed by atoms with Crippen molar-refractivity contribution in [2.45, 2.75) is 10.4 Å². The van der Waals surface area contributed by atoms with Gasteiger partial charge in [-0.1, -0.05) is 28.1 Å². The van der Waals surface area contributed by atoms with Crippen LogP contribution in [0.1, 0.15) is 5.56 Å². The number of rotatable bonds is 3. The Morgan fingerprint density at radius 2 is 1.87 bits per heavy atom. The molecule has 82 valence electrons. The molecule has 0 spiro atoms. The first-order valence-corrected chi connectivity index (χ1v) is 5.62. The largest absolute Gasteiger partial charge is 0.373 e. The molecule has 0 fully saturated rings. The van der Waals surface area contributed by atoms with Crippen LogP contribution in [-0.4, -0.2) is 15.8 Å². The van der Waals surface area contributed by atoms with Crippen molar-refractivity contribution in [3.8, 4) is 0 Å². The monoisotopic (exact) mass is 311 g/mol. The van der Waals surface area contributed by atoms with Gasteiger partial charge in [-0.2, -0.15) is 0 Å². The molecular formula is C9H8BrCl2NO2. The van der Waals surface area contributed by atoms with E-state index in [1.165, 1.54) is 12.1 Å². The van der Waals surface area contributed by atoms with Gasteiger partial charge in [0.2, 0.25) is 0 Å². The topological polar surface area (TPSA) is 63.3 Å². The van der Waals surface area contributed by atoms with Gasteiger partial charge in [0.05, 0.1) is 0 Å². The molecule has 15 heavy (non-hydrogen) atoms. The summed E-state index contributed by atoms with van der Waals surface area (Å²) in [6.07, 6.45) is 0. The minimum atomic E-state index is -2.07. The van der Waals surface area contributed by atoms with Gasteiger partial charge in [0.25, 0.3) is 5.91 Å². The van der Waals surface area contributed by atoms with Gasteiger partial charge in [0.1, 0.15) is 4.84 Å². The third-order valence-corrected chi connectivity index (χ3v) is 3.14. The second kappa shape index (κ2) is 4.70. The molecule has 6 heteroatoms. The van der Waals surface area contributed by atoms with Crippen LogP contribution >= 0.6 is 39.1 Å². The van der Waals surface area contributed by atoms with Crippen molar-refractivity contribution in [1.29, 1.82) is 0 Å². The van der Waals surface area contributed by atoms with Crippen LogP contribution in [0.15, 0.2) is 28.7 Å². The Morgan fingerprint density at radius 1 is 1.40 bits per heavy atom. The second-order valence-electron chi connectivity index (χ2n) is 2.94. The smallest absolute Gasteiger partial charge is 0.256 e. The Bertz CT molecular complexity index is 369. The quantitative estimate of drug-likeness (QED) is 0.838. The van der Waals surface area contributed by atoms with Crippen LogP contribution in [0, 0.1) is 0 Å². The van der Waals surface area contributed by atoms with Gasteiger partial charge in [-0.15, -0.1) is 23.2 Å². The fourth-order valence-corrected chi connectivity index (χ4v) is 1.81. The maximum atomic E-state index is 11.1. The first-order chi connectivity index (χ1) is 6.89. The molecular weight excluding hydrogens is 305 g/mol. The molecule has 3 N–H and O–H groups in total. The zero-order valence-electron chi connectivity index (χ0n) is 7.45. The Balaban J connectivity index is 3.22. The number of primary amides is 1. The number of alkyl halides is 2. The standard InChI is InChI=1S/C9H8BrCl2NO2/c10-6-3-1-5(2-4-6)9(15,7(11)12)8(13)14/h1-4,7,15H,(H2,13,14)/t9-/m1/s1. The summed E-state index contributed by atoms with van der Waals surface area (Å²) in [7, 11) is 0. The molecule has 0 aromatic heterocycles. The minimum absolute atomic E-state index is 0.258. The fraction of sp³-hybridized carbons (Fsp3) is 0.222. The molecule has 3 nitrogen and oxygen atoms in total. The van der Waals surface area contributed by atoms with Crippen LogP contribution < -0.4 is 5.73 Å². The Morgan fingerprint density at radius 3 is 2.20 bits per heavy atom. The molecule has 1 amide bonds. The number of nitrogens with two attached hydrogens (primary N) is 1. The molecule has 1 aromatic carbocycles. The molecule has 0 aliphatic heterocycles. The lowest BCUT2D eigenvalue weighted by Crippen LogP contribution is -2.46. The summed E-state index contributed by atoms with van der Waals surface area (Å²) in [4.78, 5) is 9.82. The Hall–Kier alpha value is -0.290. The van der Waals surface area contributed by atoms with Gasteiger partial charge in [0, 0.05) is 4.47 Å². The number of carbonyl (C=O) groups excluding carboxylic acids is 1. The van der Waals surface area contributed by atoms with Crippen molar-refractivity contribution in [2.75, 3.05) is 0 Å². The first-order valence-electron chi connectivity index (χ1n) is 3.95. The Kier molecular flexibility index (Phi) is 4.00. The average Bonchev–Trinajstić information content (AvgIpc) is 2.17. The maximum Gasteiger partial charge on any atom is 0.256 e. The molecule has 1 atom stereocenters. The first kappa shape index (κ1) is 12.8. The lowest BCUT2D eigenvalue weighted by atomic mass is 9.95. The van der Waals surface area contributed by atoms with E-state index in [0.717, 1.165) is 4.47 Å². The third kappa shape index (κ3) is 2.45. The van der Waals surface area contributed by atoms with E-state index in [9.17, 15) is 9.90 Å². The van der Waals surface area contributed by atoms with Crippen molar-refractivity contribution >= 4 is 45.0 Å². The van der Waals surface area contributed by atoms with E-state index in [1.807, 2.05) is 0 Å². The van der Waals surface area contributed by atoms with Crippen molar-refractivity contribution in [2.24, 2.45) is 5.73 Å². The highest BCUT2D eigenvalue weighted by molar-refractivity contribution is 9.10. The highest BCUT2D eigenvalue weighted by Crippen LogP contribution is 2.31. The number of benzene rings is 1. The lowest BCUT2D eigenvalue weighted by molar-refractivity contribution is -0.135. The summed E-state index contributed by atoms with van der Waals surface area (Å²) in [6, 6.07) is 6.35. The Labute approximate surface area is 105 Å². The highest BCUT2D eigenvalue weighted by atomic mass is 79.9. The number of hydrogen-bond acceptors (Lipinski definition) is 2. The molecule has 0 aliphatic carbocycles. The predicted octanol–water partition coefficient (Wildman–Crippen LogP) is 1.93. The SMILES string of the molecule is NC(=O)[C@@](O)(c1ccc(Br)cc1)C(Cl)Cl. The van der Waals surface area contributed by atoms with Gasteiger partial charge >= 0.3 is 0 Å². The van der Waals surface area contributed by atoms with E-state index in [-0.39, 0.29) is 5.56 Å². The summed E-state index contributed by atoms with van der Waals surface area (Å²) in [5.41, 5.74) is 3.26. The van der Waals surface area contributed by atoms with E-state index >= 15 is 0 Å². The number of hydrogen-bond donors (Lipinski definition) is 2. The highest BCUT2D eigenvalue weighted by Gasteiger charge is 2.42. The molecule has 0 saturated carbocycles. The summed E-state index contributed by atoms with van der Waals surface area (Å²) < 4.78 is 0.804. The molecule has 0 saturated heterocycles. The zero-order chi connectivity index (χ0) is 11.6. The van der Waals surface area contributed by atoms with Crippen LogP contribution in [-0.2, 0) is 10.4 Å². The molecule has 1 rings (SSSR count). The minimum Gasteiger partial charge on any atom is -0.373 e. The van der Waals surface area contributed by atoms with Gasteiger partial charge < -0.3 is 10.8 Å². The number of halogens is 3. The lowest BCUT2D eigenvalue weighted by Gasteiger charge is -2.26. The van der Waals surface area contributed by atoms with Gasteiger partial charge in [-0.3, -0.25) is 4.79 Å². The predicted molar refractivity (Wildman–Crippen MR) is 62.7 cm³/mol. The molecule has 0 unspecified atom stereocenters. The number of aliphatic hydroxyl groups is 1. The molecule has 1 aromatic rings. The van der Waals surface area contributed by atoms with Gasteiger partial charge in [0.15, 0.2) is 5.60 Å². The van der Waals surface area contributed by atoms with E-state index in [1.54, 1.807) is 12.1 Å². The third-order valence-electron chi connectivity index (χ3n) is 1.98. The van der Waals surface area contributed by atoms with Crippen molar-refractivity contribution in [3.63, 3.8) is 0 Å². The van der Waals surface area contributed by atoms with Crippen molar-refractivity contribution in [1.82, 2.24) is 0 Å². The summed E-state index contributed by atoms with van der Waals surface area (Å²) in [5, 5.41) is 9.97. The van der Waals surface area contributed by atoms with Crippen LogP contribution in [0.5, 0.6) is 0 Å². The van der Waals surface area contributed by atoms with E-state index < -0.39 is 16.3 Å². The molecule has 0 bridgehead atoms. The summed E-state index contributed by atoms with van der Waals surface area (Å²) in [6.45, 7) is 0. The summed E-state index contributed by atoms with van der Waals surface area (Å²) >= 11 is 14.3. The number of carbonyl (C=O) groups is 1. The van der Waals surface area contributed by atoms with Crippen LogP contribution in [0.3, 0.4) is 0 Å². The summed E-state index contributed by atoms with van der Waals surface area (Å²) in [5.74, 6) is -0.986. The molecule has 0 heterocycles. The van der Waals surface area contributed by atoms with E-state index in [4.69, 9.17) is 28.9 Å². The van der Waals surface area contributed by atoms with Crippen LogP contribution in [0.25, 0.3) is 0 Å². The number of amides is 1. The van der Waals surface area contributed by atoms with Crippen LogP contribution in [0.4, 0.5) is 0 Å². The fourth-order valence-electron chi connectivity index (χ4n) is 1.08. The second-order valence-corrected chi connectivity index (χ2v) is 4.95. The zero-order valence-corrected chi connectivity index (χ0v) is 10.6. The molecule has 0 aliphatic rings. The van der Waals surface area contributed by atoms with Crippen LogP contribution in [0.2, 0.25) is 0 Å². The van der Waals surface area contributed by atoms with Gasteiger partial charge in [-0.05, 0) is 17.7 Å². The van der Waals surface area contributed by atoms with Crippen molar-refractivity contribution in [3.05, 3.63) is 34.3 Å². The average molecular weight is 313 g/mol. The molecule has 0 radical (unpaired) electrons. The van der Waals surface area contributed by atoms with E-state index in [2.05, 4.69) is 15.9 Å². The normalized spacial score (nSPS) is 15.0. The van der Waals surface area contributed by atoms with Gasteiger partial charge in [-0.25, -0.2) is 0 Å². The van der Waals surface area contributed by atoms with E-state index in [0.29, 0.717) is 0 Å². The van der Waals surface area contributed by atoms with Crippen molar-refractivity contribution < 1.29 is 9.90 Å². The maximum absolute atomic E-state index is 11.1.